The number of anilines is 3. The standard InChI is InChI=1S/C25H26ClN3.2C2H6/c1-5-9-23-17(3)24(18(4)28-21-12-7-10-19(6-2)14-21)16-27-25(23)29-22-13-8-11-20(26)15-22;2*1-2/h5,7-16,28H,4,6H2,1-3H3,(H,27,29);2*1-2H3/b9-5-;;. The quantitative estimate of drug-likeness (QED) is 0.366. The van der Waals surface area contributed by atoms with Gasteiger partial charge in [0, 0.05) is 39.4 Å². The summed E-state index contributed by atoms with van der Waals surface area (Å²) in [6, 6.07) is 16.0. The molecule has 0 aliphatic rings. The van der Waals surface area contributed by atoms with Crippen molar-refractivity contribution in [1.82, 2.24) is 4.98 Å². The molecule has 1 aromatic heterocycles. The Balaban J connectivity index is 0.00000129. The zero-order chi connectivity index (χ0) is 24.8. The van der Waals surface area contributed by atoms with Crippen molar-refractivity contribution in [3.63, 3.8) is 0 Å². The van der Waals surface area contributed by atoms with Gasteiger partial charge < -0.3 is 10.6 Å². The molecule has 0 aliphatic heterocycles. The molecule has 0 atom stereocenters. The van der Waals surface area contributed by atoms with Gasteiger partial charge in [0.25, 0.3) is 0 Å². The number of nitrogens with one attached hydrogen (secondary N) is 2. The zero-order valence-corrected chi connectivity index (χ0v) is 21.8. The Labute approximate surface area is 205 Å². The molecule has 3 nitrogen and oxygen atoms in total. The molecule has 3 rings (SSSR count). The Hall–Kier alpha value is -3.04. The number of hydrogen-bond donors (Lipinski definition) is 2. The van der Waals surface area contributed by atoms with E-state index in [9.17, 15) is 0 Å². The minimum Gasteiger partial charge on any atom is -0.355 e. The van der Waals surface area contributed by atoms with E-state index in [1.54, 1.807) is 0 Å². The van der Waals surface area contributed by atoms with Crippen LogP contribution in [0.15, 0.2) is 67.4 Å². The summed E-state index contributed by atoms with van der Waals surface area (Å²) < 4.78 is 0. The number of rotatable bonds is 7. The van der Waals surface area contributed by atoms with Crippen molar-refractivity contribution in [2.75, 3.05) is 10.6 Å². The van der Waals surface area contributed by atoms with E-state index in [-0.39, 0.29) is 0 Å². The van der Waals surface area contributed by atoms with Gasteiger partial charge in [0.15, 0.2) is 0 Å². The van der Waals surface area contributed by atoms with Crippen molar-refractivity contribution in [2.24, 2.45) is 0 Å². The molecular weight excluding hydrogens is 426 g/mol. The normalized spacial score (nSPS) is 9.94. The molecule has 2 aromatic carbocycles. The maximum absolute atomic E-state index is 6.11. The first kappa shape index (κ1) is 28.0. The summed E-state index contributed by atoms with van der Waals surface area (Å²) in [4.78, 5) is 4.67. The highest BCUT2D eigenvalue weighted by molar-refractivity contribution is 6.30. The first-order valence-corrected chi connectivity index (χ1v) is 12.1. The van der Waals surface area contributed by atoms with Crippen molar-refractivity contribution in [3.8, 4) is 0 Å². The molecule has 0 saturated heterocycles. The van der Waals surface area contributed by atoms with Gasteiger partial charge in [0.1, 0.15) is 5.82 Å². The fourth-order valence-corrected chi connectivity index (χ4v) is 3.40. The molecule has 0 radical (unpaired) electrons. The molecule has 0 amide bonds. The highest BCUT2D eigenvalue weighted by Gasteiger charge is 2.12. The average Bonchev–Trinajstić information content (AvgIpc) is 2.84. The van der Waals surface area contributed by atoms with Crippen LogP contribution in [-0.4, -0.2) is 4.98 Å². The van der Waals surface area contributed by atoms with Crippen molar-refractivity contribution in [2.45, 2.75) is 54.9 Å². The molecule has 0 fully saturated rings. The van der Waals surface area contributed by atoms with E-state index in [1.165, 1.54) is 5.56 Å². The smallest absolute Gasteiger partial charge is 0.137 e. The average molecular weight is 464 g/mol. The Morgan fingerprint density at radius 3 is 2.33 bits per heavy atom. The van der Waals surface area contributed by atoms with Crippen LogP contribution in [0.25, 0.3) is 11.8 Å². The number of halogens is 1. The third-order valence-corrected chi connectivity index (χ3v) is 5.00. The van der Waals surface area contributed by atoms with Crippen molar-refractivity contribution >= 4 is 40.6 Å². The first-order valence-electron chi connectivity index (χ1n) is 11.7. The highest BCUT2D eigenvalue weighted by Crippen LogP contribution is 2.29. The topological polar surface area (TPSA) is 37.0 Å². The van der Waals surface area contributed by atoms with Gasteiger partial charge in [-0.2, -0.15) is 0 Å². The number of hydrogen-bond acceptors (Lipinski definition) is 3. The third-order valence-electron chi connectivity index (χ3n) is 4.76. The van der Waals surface area contributed by atoms with Crippen LogP contribution in [0.1, 0.15) is 63.8 Å². The predicted octanol–water partition coefficient (Wildman–Crippen LogP) is 9.52. The van der Waals surface area contributed by atoms with Gasteiger partial charge in [-0.3, -0.25) is 0 Å². The monoisotopic (exact) mass is 463 g/mol. The lowest BCUT2D eigenvalue weighted by molar-refractivity contribution is 1.14. The van der Waals surface area contributed by atoms with E-state index in [2.05, 4.69) is 66.4 Å². The summed E-state index contributed by atoms with van der Waals surface area (Å²) in [7, 11) is 0. The summed E-state index contributed by atoms with van der Waals surface area (Å²) in [5.74, 6) is 0.785. The van der Waals surface area contributed by atoms with Gasteiger partial charge in [-0.25, -0.2) is 4.98 Å². The van der Waals surface area contributed by atoms with E-state index in [0.717, 1.165) is 46.0 Å². The van der Waals surface area contributed by atoms with E-state index in [0.29, 0.717) is 5.02 Å². The van der Waals surface area contributed by atoms with Crippen LogP contribution in [0.5, 0.6) is 0 Å². The first-order chi connectivity index (χ1) is 16.0. The van der Waals surface area contributed by atoms with Crippen LogP contribution < -0.4 is 10.6 Å². The lowest BCUT2D eigenvalue weighted by Crippen LogP contribution is -2.05. The predicted molar refractivity (Wildman–Crippen MR) is 150 cm³/mol. The molecule has 3 aromatic rings. The molecular formula is C29H38ClN3. The van der Waals surface area contributed by atoms with E-state index >= 15 is 0 Å². The summed E-state index contributed by atoms with van der Waals surface area (Å²) in [6.45, 7) is 18.5. The van der Waals surface area contributed by atoms with Crippen molar-refractivity contribution < 1.29 is 0 Å². The van der Waals surface area contributed by atoms with Crippen LogP contribution in [0.2, 0.25) is 5.02 Å². The second-order valence-electron chi connectivity index (χ2n) is 6.85. The van der Waals surface area contributed by atoms with Crippen molar-refractivity contribution in [1.29, 1.82) is 0 Å². The van der Waals surface area contributed by atoms with Crippen molar-refractivity contribution in [3.05, 3.63) is 94.7 Å². The summed E-state index contributed by atoms with van der Waals surface area (Å²) >= 11 is 6.11. The Kier molecular flexibility index (Phi) is 12.7. The van der Waals surface area contributed by atoms with Gasteiger partial charge >= 0.3 is 0 Å². The van der Waals surface area contributed by atoms with Crippen LogP contribution in [-0.2, 0) is 6.42 Å². The Bertz CT molecular complexity index is 1050. The summed E-state index contributed by atoms with van der Waals surface area (Å²) in [5, 5.41) is 7.48. The lowest BCUT2D eigenvalue weighted by atomic mass is 10.0. The van der Waals surface area contributed by atoms with Crippen LogP contribution >= 0.6 is 11.6 Å². The third kappa shape index (κ3) is 8.11. The minimum absolute atomic E-state index is 0.683. The molecule has 0 aliphatic carbocycles. The van der Waals surface area contributed by atoms with Crippen LogP contribution in [0, 0.1) is 6.92 Å². The molecule has 33 heavy (non-hydrogen) atoms. The van der Waals surface area contributed by atoms with Gasteiger partial charge in [0.2, 0.25) is 0 Å². The van der Waals surface area contributed by atoms with E-state index in [1.807, 2.05) is 71.2 Å². The summed E-state index contributed by atoms with van der Waals surface area (Å²) in [5.41, 5.74) is 7.15. The van der Waals surface area contributed by atoms with Gasteiger partial charge in [-0.05, 0) is 61.7 Å². The fourth-order valence-electron chi connectivity index (χ4n) is 3.21. The number of aryl methyl sites for hydroxylation is 1. The number of allylic oxidation sites excluding steroid dienone is 1. The molecule has 4 heteroatoms. The number of pyridine rings is 1. The number of aromatic nitrogens is 1. The molecule has 0 unspecified atom stereocenters. The highest BCUT2D eigenvalue weighted by atomic mass is 35.5. The SMILES string of the molecule is C=C(Nc1cccc(CC)c1)c1cnc(Nc2cccc(Cl)c2)c(/C=C\C)c1C.CC.CC. The zero-order valence-electron chi connectivity index (χ0n) is 21.1. The van der Waals surface area contributed by atoms with Crippen LogP contribution in [0.3, 0.4) is 0 Å². The molecule has 0 bridgehead atoms. The van der Waals surface area contributed by atoms with E-state index < -0.39 is 0 Å². The van der Waals surface area contributed by atoms with Gasteiger partial charge in [0.05, 0.1) is 0 Å². The maximum Gasteiger partial charge on any atom is 0.137 e. The second-order valence-corrected chi connectivity index (χ2v) is 7.29. The molecule has 0 spiro atoms. The second kappa shape index (κ2) is 14.9. The fraction of sp³-hybridized carbons (Fsp3) is 0.276. The van der Waals surface area contributed by atoms with Gasteiger partial charge in [-0.15, -0.1) is 0 Å². The maximum atomic E-state index is 6.11. The molecule has 2 N–H and O–H groups in total. The van der Waals surface area contributed by atoms with Gasteiger partial charge in [-0.1, -0.05) is 83.1 Å². The largest absolute Gasteiger partial charge is 0.355 e. The summed E-state index contributed by atoms with van der Waals surface area (Å²) in [6.07, 6.45) is 6.92. The van der Waals surface area contributed by atoms with E-state index in [4.69, 9.17) is 11.6 Å². The molecule has 176 valence electrons. The van der Waals surface area contributed by atoms with Crippen LogP contribution in [0.4, 0.5) is 17.2 Å². The molecule has 1 heterocycles. The Morgan fingerprint density at radius 1 is 1.03 bits per heavy atom. The number of nitrogens with zero attached hydrogens (tertiary/aromatic N) is 1. The number of benzene rings is 2. The lowest BCUT2D eigenvalue weighted by Gasteiger charge is -2.17. The minimum atomic E-state index is 0.683. The molecule has 0 saturated carbocycles. The Morgan fingerprint density at radius 2 is 1.70 bits per heavy atom.